The summed E-state index contributed by atoms with van der Waals surface area (Å²) in [4.78, 5) is 0. The minimum atomic E-state index is -5.73. The molecule has 1 nitrogen and oxygen atoms in total. The molecule has 18 heavy (non-hydrogen) atoms. The van der Waals surface area contributed by atoms with Gasteiger partial charge in [-0.1, -0.05) is 30.3 Å². The molecule has 2 aromatic carbocycles. The highest BCUT2D eigenvalue weighted by atomic mass is 19.4. The summed E-state index contributed by atoms with van der Waals surface area (Å²) in [7, 11) is 0. The summed E-state index contributed by atoms with van der Waals surface area (Å²) in [5.41, 5.74) is -1.31. The molecule has 95 valence electrons. The maximum atomic E-state index is 13.3. The third kappa shape index (κ3) is 1.77. The number of hydrogen-bond donors (Lipinski definition) is 0. The van der Waals surface area contributed by atoms with Crippen molar-refractivity contribution in [1.29, 1.82) is 0 Å². The lowest BCUT2D eigenvalue weighted by atomic mass is 9.98. The standard InChI is InChI=1S/C12H6F5O/c13-11(14,12(15,16)17)8-5-1-3-7-4-2-6-9(18)10(7)8/h1-6H. The lowest BCUT2D eigenvalue weighted by molar-refractivity contribution is -0.288. The first-order chi connectivity index (χ1) is 8.25. The monoisotopic (exact) mass is 261 g/mol. The van der Waals surface area contributed by atoms with Gasteiger partial charge in [-0.25, -0.2) is 0 Å². The van der Waals surface area contributed by atoms with Crippen LogP contribution < -0.4 is 0 Å². The van der Waals surface area contributed by atoms with Gasteiger partial charge in [0.25, 0.3) is 0 Å². The fourth-order valence-corrected chi connectivity index (χ4v) is 1.72. The van der Waals surface area contributed by atoms with Crippen LogP contribution in [0.5, 0.6) is 5.75 Å². The van der Waals surface area contributed by atoms with Gasteiger partial charge in [0, 0.05) is 10.9 Å². The molecule has 0 bridgehead atoms. The topological polar surface area (TPSA) is 19.9 Å². The Balaban J connectivity index is 2.80. The van der Waals surface area contributed by atoms with Gasteiger partial charge in [-0.15, -0.1) is 0 Å². The Morgan fingerprint density at radius 3 is 1.94 bits per heavy atom. The lowest BCUT2D eigenvalue weighted by Gasteiger charge is -2.21. The van der Waals surface area contributed by atoms with Crippen LogP contribution in [0.25, 0.3) is 10.8 Å². The SMILES string of the molecule is [O]c1cccc2cccc(C(F)(F)C(F)(F)F)c12. The van der Waals surface area contributed by atoms with Crippen LogP contribution >= 0.6 is 0 Å². The Morgan fingerprint density at radius 1 is 0.833 bits per heavy atom. The Bertz CT molecular complexity index is 583. The second-order valence-corrected chi connectivity index (χ2v) is 3.73. The highest BCUT2D eigenvalue weighted by Crippen LogP contribution is 2.47. The van der Waals surface area contributed by atoms with Gasteiger partial charge in [0.1, 0.15) is 0 Å². The number of hydrogen-bond acceptors (Lipinski definition) is 0. The van der Waals surface area contributed by atoms with Crippen LogP contribution in [0.4, 0.5) is 22.0 Å². The first kappa shape index (κ1) is 12.6. The summed E-state index contributed by atoms with van der Waals surface area (Å²) in [6, 6.07) is 6.58. The maximum Gasteiger partial charge on any atom is 0.458 e. The van der Waals surface area contributed by atoms with Crippen LogP contribution in [0.3, 0.4) is 0 Å². The van der Waals surface area contributed by atoms with E-state index in [1.165, 1.54) is 18.2 Å². The quantitative estimate of drug-likeness (QED) is 0.666. The largest absolute Gasteiger partial charge is 0.458 e. The number of fused-ring (bicyclic) bond motifs is 1. The average molecular weight is 261 g/mol. The van der Waals surface area contributed by atoms with Crippen LogP contribution in [0.2, 0.25) is 0 Å². The molecule has 0 spiro atoms. The molecule has 0 amide bonds. The highest BCUT2D eigenvalue weighted by molar-refractivity contribution is 5.91. The van der Waals surface area contributed by atoms with Crippen molar-refractivity contribution in [3.8, 4) is 5.75 Å². The first-order valence-corrected chi connectivity index (χ1v) is 4.89. The van der Waals surface area contributed by atoms with Crippen molar-refractivity contribution in [3.63, 3.8) is 0 Å². The van der Waals surface area contributed by atoms with E-state index < -0.39 is 28.8 Å². The molecule has 0 N–H and O–H groups in total. The van der Waals surface area contributed by atoms with Crippen molar-refractivity contribution in [3.05, 3.63) is 42.0 Å². The molecule has 0 saturated carbocycles. The number of halogens is 5. The van der Waals surface area contributed by atoms with E-state index in [1.54, 1.807) is 0 Å². The van der Waals surface area contributed by atoms with Gasteiger partial charge in [-0.2, -0.15) is 22.0 Å². The molecule has 0 saturated heterocycles. The molecule has 2 rings (SSSR count). The Kier molecular flexibility index (Phi) is 2.68. The Morgan fingerprint density at radius 2 is 1.39 bits per heavy atom. The van der Waals surface area contributed by atoms with Crippen molar-refractivity contribution in [2.45, 2.75) is 12.1 Å². The summed E-state index contributed by atoms with van der Waals surface area (Å²) >= 11 is 0. The third-order valence-electron chi connectivity index (χ3n) is 2.56. The fraction of sp³-hybridized carbons (Fsp3) is 0.167. The molecule has 0 heterocycles. The molecule has 2 aromatic rings. The zero-order valence-electron chi connectivity index (χ0n) is 8.76. The van der Waals surface area contributed by atoms with E-state index in [0.717, 1.165) is 12.1 Å². The average Bonchev–Trinajstić information content (AvgIpc) is 2.27. The van der Waals surface area contributed by atoms with Crippen molar-refractivity contribution in [2.75, 3.05) is 0 Å². The number of benzene rings is 2. The molecule has 0 aromatic heterocycles. The van der Waals surface area contributed by atoms with Gasteiger partial charge >= 0.3 is 12.1 Å². The van der Waals surface area contributed by atoms with E-state index in [1.807, 2.05) is 0 Å². The normalized spacial score (nSPS) is 12.9. The van der Waals surface area contributed by atoms with E-state index in [9.17, 15) is 27.1 Å². The van der Waals surface area contributed by atoms with Crippen molar-refractivity contribution >= 4 is 10.8 Å². The maximum absolute atomic E-state index is 13.3. The molecule has 0 aliphatic carbocycles. The van der Waals surface area contributed by atoms with Gasteiger partial charge in [0.2, 0.25) is 0 Å². The van der Waals surface area contributed by atoms with Crippen molar-refractivity contribution in [2.24, 2.45) is 0 Å². The van der Waals surface area contributed by atoms with Crippen LogP contribution in [-0.4, -0.2) is 6.18 Å². The van der Waals surface area contributed by atoms with Gasteiger partial charge < -0.3 is 0 Å². The molecule has 0 aliphatic rings. The van der Waals surface area contributed by atoms with Crippen LogP contribution in [0, 0.1) is 0 Å². The second-order valence-electron chi connectivity index (χ2n) is 3.73. The van der Waals surface area contributed by atoms with Gasteiger partial charge in [-0.05, 0) is 11.5 Å². The van der Waals surface area contributed by atoms with E-state index in [2.05, 4.69) is 0 Å². The van der Waals surface area contributed by atoms with Crippen molar-refractivity contribution < 1.29 is 27.1 Å². The third-order valence-corrected chi connectivity index (χ3v) is 2.56. The lowest BCUT2D eigenvalue weighted by Crippen LogP contribution is -2.33. The molecular formula is C12H6F5O. The molecule has 1 radical (unpaired) electrons. The van der Waals surface area contributed by atoms with E-state index in [4.69, 9.17) is 0 Å². The molecule has 0 unspecified atom stereocenters. The smallest absolute Gasteiger partial charge is 0.289 e. The van der Waals surface area contributed by atoms with Crippen LogP contribution in [0.15, 0.2) is 36.4 Å². The Hall–Kier alpha value is -1.85. The summed E-state index contributed by atoms with van der Waals surface area (Å²) in [6.07, 6.45) is -5.73. The zero-order valence-corrected chi connectivity index (χ0v) is 8.76. The van der Waals surface area contributed by atoms with E-state index >= 15 is 0 Å². The summed E-state index contributed by atoms with van der Waals surface area (Å²) in [6.45, 7) is 0. The minimum Gasteiger partial charge on any atom is -0.289 e. The minimum absolute atomic E-state index is 0.0592. The highest BCUT2D eigenvalue weighted by Gasteiger charge is 2.59. The molecule has 0 atom stereocenters. The first-order valence-electron chi connectivity index (χ1n) is 4.89. The fourth-order valence-electron chi connectivity index (χ4n) is 1.72. The molecule has 0 fully saturated rings. The van der Waals surface area contributed by atoms with Gasteiger partial charge in [0.15, 0.2) is 5.75 Å². The van der Waals surface area contributed by atoms with E-state index in [-0.39, 0.29) is 5.39 Å². The molecular weight excluding hydrogens is 255 g/mol. The zero-order chi connectivity index (χ0) is 13.6. The predicted octanol–water partition coefficient (Wildman–Crippen LogP) is 4.64. The summed E-state index contributed by atoms with van der Waals surface area (Å²) in [5, 5.41) is 10.9. The van der Waals surface area contributed by atoms with Crippen LogP contribution in [-0.2, 0) is 11.0 Å². The Labute approximate surface area is 98.5 Å². The summed E-state index contributed by atoms with van der Waals surface area (Å²) < 4.78 is 63.6. The van der Waals surface area contributed by atoms with Gasteiger partial charge in [-0.3, -0.25) is 5.11 Å². The van der Waals surface area contributed by atoms with E-state index in [0.29, 0.717) is 6.07 Å². The number of rotatable bonds is 1. The molecule has 6 heteroatoms. The van der Waals surface area contributed by atoms with Gasteiger partial charge in [0.05, 0.1) is 0 Å². The molecule has 0 aliphatic heterocycles. The number of alkyl halides is 5. The second kappa shape index (κ2) is 3.83. The van der Waals surface area contributed by atoms with Crippen LogP contribution in [0.1, 0.15) is 5.56 Å². The predicted molar refractivity (Wildman–Crippen MR) is 54.0 cm³/mol. The van der Waals surface area contributed by atoms with Crippen molar-refractivity contribution in [1.82, 2.24) is 0 Å². The summed E-state index contributed by atoms with van der Waals surface area (Å²) in [5.74, 6) is -5.90.